The van der Waals surface area contributed by atoms with Gasteiger partial charge in [-0.15, -0.1) is 21.5 Å². The molecule has 0 aliphatic rings. The summed E-state index contributed by atoms with van der Waals surface area (Å²) in [4.78, 5) is 16.5. The zero-order chi connectivity index (χ0) is 16.5. The number of nitrogens with zero attached hydrogens (tertiary/aromatic N) is 4. The maximum atomic E-state index is 12.8. The third-order valence-corrected chi connectivity index (χ3v) is 3.75. The van der Waals surface area contributed by atoms with Gasteiger partial charge in [0, 0.05) is 12.4 Å². The van der Waals surface area contributed by atoms with Gasteiger partial charge in [-0.2, -0.15) is 13.2 Å². The number of alkyl halides is 3. The molecule has 11 heteroatoms. The molecule has 0 bridgehead atoms. The lowest BCUT2D eigenvalue weighted by Gasteiger charge is -2.16. The van der Waals surface area contributed by atoms with Crippen LogP contribution in [-0.2, 0) is 10.9 Å². The van der Waals surface area contributed by atoms with Crippen LogP contribution in [0.5, 0.6) is 0 Å². The van der Waals surface area contributed by atoms with Crippen molar-refractivity contribution >= 4 is 39.9 Å². The molecule has 0 atom stereocenters. The van der Waals surface area contributed by atoms with E-state index < -0.39 is 22.9 Å². The van der Waals surface area contributed by atoms with Gasteiger partial charge in [0.25, 0.3) is 0 Å². The molecule has 0 N–H and O–H groups in total. The molecule has 6 nitrogen and oxygen atoms in total. The highest BCUT2D eigenvalue weighted by atomic mass is 35.5. The molecule has 0 spiro atoms. The third kappa shape index (κ3) is 3.28. The van der Waals surface area contributed by atoms with Gasteiger partial charge in [-0.05, 0) is 6.07 Å². The number of anilines is 2. The molecule has 2 aromatic rings. The Morgan fingerprint density at radius 2 is 2.09 bits per heavy atom. The van der Waals surface area contributed by atoms with Gasteiger partial charge in [-0.3, -0.25) is 0 Å². The van der Waals surface area contributed by atoms with Crippen LogP contribution >= 0.6 is 22.9 Å². The second-order valence-corrected chi connectivity index (χ2v) is 5.17. The van der Waals surface area contributed by atoms with Crippen LogP contribution in [-0.4, -0.2) is 35.3 Å². The number of carbonyl (C=O) groups excluding carboxylic acids is 1. The molecule has 0 aromatic carbocycles. The first-order chi connectivity index (χ1) is 10.2. The highest BCUT2D eigenvalue weighted by Crippen LogP contribution is 2.36. The summed E-state index contributed by atoms with van der Waals surface area (Å²) in [6.45, 7) is 0. The molecule has 2 aromatic heterocycles. The Labute approximate surface area is 131 Å². The minimum Gasteiger partial charge on any atom is -0.464 e. The molecule has 0 aliphatic heterocycles. The molecule has 0 saturated heterocycles. The summed E-state index contributed by atoms with van der Waals surface area (Å²) in [6.07, 6.45) is -4.65. The average molecular weight is 353 g/mol. The number of methoxy groups -OCH3 is 1. The highest BCUT2D eigenvalue weighted by Gasteiger charge is 2.35. The van der Waals surface area contributed by atoms with E-state index in [1.807, 2.05) is 0 Å². The highest BCUT2D eigenvalue weighted by molar-refractivity contribution is 7.14. The van der Waals surface area contributed by atoms with Crippen molar-refractivity contribution in [3.8, 4) is 0 Å². The zero-order valence-electron chi connectivity index (χ0n) is 11.2. The largest absolute Gasteiger partial charge is 0.464 e. The number of hydrogen-bond acceptors (Lipinski definition) is 7. The second kappa shape index (κ2) is 6.05. The van der Waals surface area contributed by atoms with Crippen molar-refractivity contribution in [2.75, 3.05) is 19.1 Å². The van der Waals surface area contributed by atoms with Crippen molar-refractivity contribution in [1.82, 2.24) is 15.2 Å². The predicted octanol–water partition coefficient (Wildman–Crippen LogP) is 3.16. The van der Waals surface area contributed by atoms with Crippen LogP contribution in [0.25, 0.3) is 0 Å². The van der Waals surface area contributed by atoms with Crippen LogP contribution in [0.1, 0.15) is 16.1 Å². The minimum atomic E-state index is -4.65. The molecule has 2 rings (SSSR count). The maximum Gasteiger partial charge on any atom is 0.419 e. The Kier molecular flexibility index (Phi) is 4.52. The standard InChI is InChI=1S/C11H8ClF3N4O2S/c1-19(10-16-6(4-22-10)9(20)21-2)7-3-5(11(13,14)15)8(12)18-17-7/h3-4H,1-2H3. The van der Waals surface area contributed by atoms with Gasteiger partial charge in [-0.1, -0.05) is 11.6 Å². The van der Waals surface area contributed by atoms with Crippen LogP contribution in [0.4, 0.5) is 24.1 Å². The topological polar surface area (TPSA) is 68.2 Å². The first-order valence-corrected chi connectivity index (χ1v) is 6.87. The smallest absolute Gasteiger partial charge is 0.419 e. The zero-order valence-corrected chi connectivity index (χ0v) is 12.8. The number of aromatic nitrogens is 3. The van der Waals surface area contributed by atoms with Crippen LogP contribution in [0.2, 0.25) is 5.15 Å². The van der Waals surface area contributed by atoms with Gasteiger partial charge >= 0.3 is 12.1 Å². The molecule has 0 unspecified atom stereocenters. The average Bonchev–Trinajstić information content (AvgIpc) is 2.94. The molecular formula is C11H8ClF3N4O2S. The molecule has 0 aliphatic carbocycles. The van der Waals surface area contributed by atoms with Crippen molar-refractivity contribution < 1.29 is 22.7 Å². The Bertz CT molecular complexity index is 707. The van der Waals surface area contributed by atoms with Gasteiger partial charge in [0.05, 0.1) is 12.7 Å². The minimum absolute atomic E-state index is 0.0484. The van der Waals surface area contributed by atoms with Gasteiger partial charge in [0.15, 0.2) is 21.8 Å². The first kappa shape index (κ1) is 16.4. The third-order valence-electron chi connectivity index (χ3n) is 2.56. The van der Waals surface area contributed by atoms with Gasteiger partial charge in [0.2, 0.25) is 0 Å². The Morgan fingerprint density at radius 3 is 2.68 bits per heavy atom. The lowest BCUT2D eigenvalue weighted by Crippen LogP contribution is -2.15. The lowest BCUT2D eigenvalue weighted by molar-refractivity contribution is -0.137. The summed E-state index contributed by atoms with van der Waals surface area (Å²) in [5, 5.41) is 7.83. The van der Waals surface area contributed by atoms with E-state index in [1.54, 1.807) is 0 Å². The van der Waals surface area contributed by atoms with E-state index in [2.05, 4.69) is 19.9 Å². The summed E-state index contributed by atoms with van der Waals surface area (Å²) in [7, 11) is 2.64. The molecule has 118 valence electrons. The number of rotatable bonds is 3. The summed E-state index contributed by atoms with van der Waals surface area (Å²) in [5.41, 5.74) is -1.05. The van der Waals surface area contributed by atoms with E-state index in [9.17, 15) is 18.0 Å². The van der Waals surface area contributed by atoms with Gasteiger partial charge in [0.1, 0.15) is 0 Å². The van der Waals surface area contributed by atoms with Gasteiger partial charge < -0.3 is 9.64 Å². The number of esters is 1. The van der Waals surface area contributed by atoms with E-state index in [0.29, 0.717) is 0 Å². The fraction of sp³-hybridized carbons (Fsp3) is 0.273. The fourth-order valence-electron chi connectivity index (χ4n) is 1.44. The monoisotopic (exact) mass is 352 g/mol. The molecule has 0 amide bonds. The van der Waals surface area contributed by atoms with Crippen LogP contribution in [0.15, 0.2) is 11.4 Å². The summed E-state index contributed by atoms with van der Waals surface area (Å²) in [6, 6.07) is 0.758. The molecular weight excluding hydrogens is 345 g/mol. The number of thiazole rings is 1. The normalized spacial score (nSPS) is 11.4. The Hall–Kier alpha value is -1.94. The molecule has 0 fully saturated rings. The fourth-order valence-corrected chi connectivity index (χ4v) is 2.41. The molecule has 22 heavy (non-hydrogen) atoms. The van der Waals surface area contributed by atoms with Crippen LogP contribution < -0.4 is 4.90 Å². The van der Waals surface area contributed by atoms with Crippen molar-refractivity contribution in [1.29, 1.82) is 0 Å². The molecule has 2 heterocycles. The molecule has 0 saturated carbocycles. The van der Waals surface area contributed by atoms with Crippen LogP contribution in [0, 0.1) is 0 Å². The SMILES string of the molecule is COC(=O)c1csc(N(C)c2cc(C(F)(F)F)c(Cl)nn2)n1. The Morgan fingerprint density at radius 1 is 1.41 bits per heavy atom. The van der Waals surface area contributed by atoms with Crippen molar-refractivity contribution in [3.63, 3.8) is 0 Å². The summed E-state index contributed by atoms with van der Waals surface area (Å²) < 4.78 is 42.9. The van der Waals surface area contributed by atoms with E-state index in [-0.39, 0.29) is 16.6 Å². The van der Waals surface area contributed by atoms with Crippen molar-refractivity contribution in [2.45, 2.75) is 6.18 Å². The number of hydrogen-bond donors (Lipinski definition) is 0. The van der Waals surface area contributed by atoms with E-state index in [1.165, 1.54) is 24.4 Å². The maximum absolute atomic E-state index is 12.8. The summed E-state index contributed by atoms with van der Waals surface area (Å²) in [5.74, 6) is -0.753. The quantitative estimate of drug-likeness (QED) is 0.790. The molecule has 0 radical (unpaired) electrons. The van der Waals surface area contributed by atoms with Crippen molar-refractivity contribution in [2.24, 2.45) is 0 Å². The summed E-state index contributed by atoms with van der Waals surface area (Å²) >= 11 is 6.46. The van der Waals surface area contributed by atoms with Gasteiger partial charge in [-0.25, -0.2) is 9.78 Å². The number of carbonyl (C=O) groups is 1. The lowest BCUT2D eigenvalue weighted by atomic mass is 10.3. The Balaban J connectivity index is 2.35. The number of halogens is 4. The predicted molar refractivity (Wildman–Crippen MR) is 73.6 cm³/mol. The van der Waals surface area contributed by atoms with E-state index >= 15 is 0 Å². The number of ether oxygens (including phenoxy) is 1. The van der Waals surface area contributed by atoms with E-state index in [0.717, 1.165) is 17.4 Å². The van der Waals surface area contributed by atoms with Crippen molar-refractivity contribution in [3.05, 3.63) is 27.9 Å². The second-order valence-electron chi connectivity index (χ2n) is 3.97. The van der Waals surface area contributed by atoms with Crippen LogP contribution in [0.3, 0.4) is 0 Å². The van der Waals surface area contributed by atoms with E-state index in [4.69, 9.17) is 11.6 Å². The first-order valence-electron chi connectivity index (χ1n) is 5.62.